The molecule has 0 fully saturated rings. The zero-order valence-electron chi connectivity index (χ0n) is 10.8. The van der Waals surface area contributed by atoms with E-state index in [0.29, 0.717) is 5.56 Å². The number of nitriles is 1. The average Bonchev–Trinajstić information content (AvgIpc) is 3.13. The first kappa shape index (κ1) is 13.0. The van der Waals surface area contributed by atoms with Crippen molar-refractivity contribution >= 4 is 39.9 Å². The third-order valence-corrected chi connectivity index (χ3v) is 4.74. The molecule has 0 aliphatic rings. The molecule has 2 heterocycles. The summed E-state index contributed by atoms with van der Waals surface area (Å²) in [6.07, 6.45) is 4.47. The normalized spacial score (nSPS) is 10.6. The minimum Gasteiger partial charge on any atom is -0.358 e. The van der Waals surface area contributed by atoms with Crippen molar-refractivity contribution < 1.29 is 0 Å². The number of rotatable bonds is 4. The molecule has 0 aliphatic heterocycles. The van der Waals surface area contributed by atoms with Gasteiger partial charge in [0.15, 0.2) is 4.34 Å². The van der Waals surface area contributed by atoms with Gasteiger partial charge in [-0.2, -0.15) is 5.26 Å². The minimum absolute atomic E-state index is 0.678. The number of H-pyrrole nitrogens is 1. The van der Waals surface area contributed by atoms with Crippen molar-refractivity contribution in [3.8, 4) is 6.07 Å². The lowest BCUT2D eigenvalue weighted by Gasteiger charge is -2.07. The van der Waals surface area contributed by atoms with E-state index in [1.165, 1.54) is 17.5 Å². The number of hydrogen-bond acceptors (Lipinski definition) is 5. The molecule has 0 saturated heterocycles. The number of aryl methyl sites for hydroxylation is 1. The minimum atomic E-state index is 0.678. The van der Waals surface area contributed by atoms with Crippen LogP contribution in [0.15, 0.2) is 34.2 Å². The maximum Gasteiger partial charge on any atom is 0.170 e. The third kappa shape index (κ3) is 2.38. The standard InChI is InChI=1S/C14H12N4S2/c1-2-9-5-11-10(7-15)8-17-13(11)12(6-9)18-20-14-16-3-4-19-14/h3-6,8,17-18H,2H2,1H3. The first-order valence-corrected chi connectivity index (χ1v) is 7.88. The van der Waals surface area contributed by atoms with E-state index in [1.807, 2.05) is 5.38 Å². The summed E-state index contributed by atoms with van der Waals surface area (Å²) >= 11 is 3.08. The van der Waals surface area contributed by atoms with Gasteiger partial charge < -0.3 is 9.71 Å². The summed E-state index contributed by atoms with van der Waals surface area (Å²) in [5.74, 6) is 0. The second-order valence-corrected chi connectivity index (χ2v) is 6.18. The smallest absolute Gasteiger partial charge is 0.170 e. The highest BCUT2D eigenvalue weighted by Crippen LogP contribution is 2.31. The SMILES string of the molecule is CCc1cc(NSc2nccs2)c2[nH]cc(C#N)c2c1. The lowest BCUT2D eigenvalue weighted by Crippen LogP contribution is -1.91. The van der Waals surface area contributed by atoms with Gasteiger partial charge in [0.1, 0.15) is 6.07 Å². The van der Waals surface area contributed by atoms with Crippen LogP contribution in [0.1, 0.15) is 18.1 Å². The van der Waals surface area contributed by atoms with Crippen molar-refractivity contribution in [3.05, 3.63) is 41.0 Å². The molecule has 4 nitrogen and oxygen atoms in total. The number of thiazole rings is 1. The van der Waals surface area contributed by atoms with E-state index in [9.17, 15) is 0 Å². The summed E-state index contributed by atoms with van der Waals surface area (Å²) in [4.78, 5) is 7.41. The topological polar surface area (TPSA) is 64.5 Å². The Labute approximate surface area is 125 Å². The highest BCUT2D eigenvalue weighted by Gasteiger charge is 2.10. The summed E-state index contributed by atoms with van der Waals surface area (Å²) in [7, 11) is 0. The molecule has 0 aliphatic carbocycles. The number of nitrogens with one attached hydrogen (secondary N) is 2. The zero-order chi connectivity index (χ0) is 13.9. The van der Waals surface area contributed by atoms with Gasteiger partial charge in [0.25, 0.3) is 0 Å². The Morgan fingerprint density at radius 1 is 1.50 bits per heavy atom. The number of aromatic nitrogens is 2. The van der Waals surface area contributed by atoms with Crippen LogP contribution in [0, 0.1) is 11.3 Å². The van der Waals surface area contributed by atoms with Crippen LogP contribution in [-0.4, -0.2) is 9.97 Å². The number of hydrogen-bond donors (Lipinski definition) is 2. The van der Waals surface area contributed by atoms with Gasteiger partial charge in [-0.1, -0.05) is 6.92 Å². The fourth-order valence-electron chi connectivity index (χ4n) is 2.03. The molecule has 0 radical (unpaired) electrons. The fraction of sp³-hybridized carbons (Fsp3) is 0.143. The van der Waals surface area contributed by atoms with Gasteiger partial charge in [-0.05, 0) is 24.1 Å². The quantitative estimate of drug-likeness (QED) is 0.709. The van der Waals surface area contributed by atoms with E-state index in [-0.39, 0.29) is 0 Å². The molecule has 100 valence electrons. The highest BCUT2D eigenvalue weighted by atomic mass is 32.2. The van der Waals surface area contributed by atoms with E-state index >= 15 is 0 Å². The van der Waals surface area contributed by atoms with Crippen molar-refractivity contribution in [2.75, 3.05) is 4.72 Å². The summed E-state index contributed by atoms with van der Waals surface area (Å²) in [5.41, 5.74) is 3.83. The van der Waals surface area contributed by atoms with E-state index in [2.05, 4.69) is 39.8 Å². The van der Waals surface area contributed by atoms with Crippen molar-refractivity contribution in [1.29, 1.82) is 5.26 Å². The van der Waals surface area contributed by atoms with E-state index in [4.69, 9.17) is 5.26 Å². The number of aromatic amines is 1. The molecule has 1 aromatic carbocycles. The summed E-state index contributed by atoms with van der Waals surface area (Å²) in [5, 5.41) is 12.1. The first-order valence-electron chi connectivity index (χ1n) is 6.18. The largest absolute Gasteiger partial charge is 0.358 e. The second-order valence-electron chi connectivity index (χ2n) is 4.24. The van der Waals surface area contributed by atoms with Crippen LogP contribution in [0.5, 0.6) is 0 Å². The second kappa shape index (κ2) is 5.57. The molecule has 2 aromatic heterocycles. The summed E-state index contributed by atoms with van der Waals surface area (Å²) in [6, 6.07) is 6.41. The van der Waals surface area contributed by atoms with Crippen LogP contribution in [0.25, 0.3) is 10.9 Å². The Hall–Kier alpha value is -1.97. The molecular formula is C14H12N4S2. The first-order chi connectivity index (χ1) is 9.81. The molecule has 0 saturated carbocycles. The van der Waals surface area contributed by atoms with Crippen LogP contribution in [0.2, 0.25) is 0 Å². The van der Waals surface area contributed by atoms with Gasteiger partial charge in [0.2, 0.25) is 0 Å². The maximum absolute atomic E-state index is 9.16. The van der Waals surface area contributed by atoms with Gasteiger partial charge in [-0.15, -0.1) is 11.3 Å². The molecule has 0 atom stereocenters. The van der Waals surface area contributed by atoms with Gasteiger partial charge in [-0.25, -0.2) is 4.98 Å². The number of benzene rings is 1. The van der Waals surface area contributed by atoms with Gasteiger partial charge >= 0.3 is 0 Å². The molecule has 0 amide bonds. The van der Waals surface area contributed by atoms with Crippen molar-refractivity contribution in [3.63, 3.8) is 0 Å². The Morgan fingerprint density at radius 2 is 2.40 bits per heavy atom. The Kier molecular flexibility index (Phi) is 3.63. The molecule has 6 heteroatoms. The number of anilines is 1. The van der Waals surface area contributed by atoms with E-state index in [0.717, 1.165) is 27.4 Å². The molecule has 0 bridgehead atoms. The van der Waals surface area contributed by atoms with Crippen molar-refractivity contribution in [1.82, 2.24) is 9.97 Å². The number of fused-ring (bicyclic) bond motifs is 1. The van der Waals surface area contributed by atoms with Crippen molar-refractivity contribution in [2.24, 2.45) is 0 Å². The lowest BCUT2D eigenvalue weighted by atomic mass is 10.1. The van der Waals surface area contributed by atoms with Crippen LogP contribution in [-0.2, 0) is 6.42 Å². The third-order valence-electron chi connectivity index (χ3n) is 3.04. The molecule has 2 N–H and O–H groups in total. The lowest BCUT2D eigenvalue weighted by molar-refractivity contribution is 1.15. The average molecular weight is 300 g/mol. The van der Waals surface area contributed by atoms with Crippen LogP contribution in [0.4, 0.5) is 5.69 Å². The maximum atomic E-state index is 9.16. The fourth-order valence-corrected chi connectivity index (χ4v) is 3.34. The van der Waals surface area contributed by atoms with E-state index < -0.39 is 0 Å². The Bertz CT molecular complexity index is 768. The van der Waals surface area contributed by atoms with Crippen LogP contribution >= 0.6 is 23.3 Å². The summed E-state index contributed by atoms with van der Waals surface area (Å²) < 4.78 is 4.29. The molecule has 0 spiro atoms. The highest BCUT2D eigenvalue weighted by molar-refractivity contribution is 8.02. The number of nitrogens with zero attached hydrogens (tertiary/aromatic N) is 2. The van der Waals surface area contributed by atoms with Gasteiger partial charge in [0.05, 0.1) is 16.8 Å². The monoisotopic (exact) mass is 300 g/mol. The zero-order valence-corrected chi connectivity index (χ0v) is 12.4. The van der Waals surface area contributed by atoms with Gasteiger partial charge in [-0.3, -0.25) is 0 Å². The van der Waals surface area contributed by atoms with Gasteiger partial charge in [0, 0.05) is 35.1 Å². The Balaban J connectivity index is 2.00. The van der Waals surface area contributed by atoms with Crippen molar-refractivity contribution in [2.45, 2.75) is 17.7 Å². The molecule has 3 aromatic rings. The molecule has 20 heavy (non-hydrogen) atoms. The van der Waals surface area contributed by atoms with Crippen LogP contribution < -0.4 is 4.72 Å². The predicted molar refractivity (Wildman–Crippen MR) is 84.0 cm³/mol. The predicted octanol–water partition coefficient (Wildman–Crippen LogP) is 4.18. The molecule has 3 rings (SSSR count). The Morgan fingerprint density at radius 3 is 3.10 bits per heavy atom. The van der Waals surface area contributed by atoms with E-state index in [1.54, 1.807) is 23.7 Å². The van der Waals surface area contributed by atoms with Crippen LogP contribution in [0.3, 0.4) is 0 Å². The molecule has 0 unspecified atom stereocenters. The molecular weight excluding hydrogens is 288 g/mol. The summed E-state index contributed by atoms with van der Waals surface area (Å²) in [6.45, 7) is 2.11.